The van der Waals surface area contributed by atoms with Gasteiger partial charge < -0.3 is 10.4 Å². The van der Waals surface area contributed by atoms with E-state index in [0.29, 0.717) is 12.1 Å². The van der Waals surface area contributed by atoms with Gasteiger partial charge in [-0.25, -0.2) is 14.3 Å². The number of rotatable bonds is 7. The average Bonchev–Trinajstić information content (AvgIpc) is 2.63. The summed E-state index contributed by atoms with van der Waals surface area (Å²) in [5.74, 6) is -3.08. The molecule has 0 aliphatic rings. The highest BCUT2D eigenvalue weighted by molar-refractivity contribution is 14.1. The maximum absolute atomic E-state index is 14.6. The van der Waals surface area contributed by atoms with Gasteiger partial charge >= 0.3 is 0 Å². The third-order valence-corrected chi connectivity index (χ3v) is 5.01. The fourth-order valence-corrected chi connectivity index (χ4v) is 3.22. The Morgan fingerprint density at radius 1 is 1.33 bits per heavy atom. The van der Waals surface area contributed by atoms with Crippen molar-refractivity contribution in [2.75, 3.05) is 11.9 Å². The maximum atomic E-state index is 14.6. The van der Waals surface area contributed by atoms with Crippen LogP contribution in [0, 0.1) is 22.1 Å². The van der Waals surface area contributed by atoms with E-state index >= 15 is 0 Å². The Balaban J connectivity index is 2.34. The van der Waals surface area contributed by atoms with E-state index in [4.69, 9.17) is 4.84 Å². The van der Waals surface area contributed by atoms with Crippen LogP contribution in [0.3, 0.4) is 0 Å². The van der Waals surface area contributed by atoms with Gasteiger partial charge in [-0.1, -0.05) is 6.92 Å². The summed E-state index contributed by atoms with van der Waals surface area (Å²) in [7, 11) is 0. The molecule has 27 heavy (non-hydrogen) atoms. The molecule has 0 bridgehead atoms. The highest BCUT2D eigenvalue weighted by Crippen LogP contribution is 2.32. The molecule has 0 aliphatic carbocycles. The summed E-state index contributed by atoms with van der Waals surface area (Å²) in [5, 5.41) is 12.3. The van der Waals surface area contributed by atoms with Gasteiger partial charge in [0.1, 0.15) is 6.61 Å². The number of hydrogen-bond acceptors (Lipinski definition) is 4. The van der Waals surface area contributed by atoms with Gasteiger partial charge in [-0.05, 0) is 81.7 Å². The van der Waals surface area contributed by atoms with Crippen molar-refractivity contribution in [1.29, 1.82) is 0 Å². The van der Waals surface area contributed by atoms with Crippen LogP contribution in [0.15, 0.2) is 28.7 Å². The summed E-state index contributed by atoms with van der Waals surface area (Å²) in [4.78, 5) is 17.4. The van der Waals surface area contributed by atoms with E-state index in [-0.39, 0.29) is 22.3 Å². The smallest absolute Gasteiger partial charge is 0.277 e. The van der Waals surface area contributed by atoms with Crippen LogP contribution in [-0.2, 0) is 4.84 Å². The molecule has 1 unspecified atom stereocenters. The Morgan fingerprint density at radius 3 is 2.67 bits per heavy atom. The van der Waals surface area contributed by atoms with Gasteiger partial charge in [0.2, 0.25) is 0 Å². The molecule has 1 atom stereocenters. The van der Waals surface area contributed by atoms with Crippen molar-refractivity contribution in [2.45, 2.75) is 26.4 Å². The van der Waals surface area contributed by atoms with Gasteiger partial charge in [0, 0.05) is 9.26 Å². The molecule has 146 valence electrons. The molecule has 3 N–H and O–H groups in total. The standard InChI is InChI=1S/C18H18BrF2IN2O3/c1-3-11(25)8-27-24-18(26)12-7-13(19)15(20)16(21)17(12)23-14-5-4-10(22)6-9(14)2/h4-7,11,23,25H,3,8H2,1-2H3,(H,24,26). The van der Waals surface area contributed by atoms with E-state index in [1.54, 1.807) is 19.1 Å². The molecule has 0 aromatic heterocycles. The molecule has 0 fully saturated rings. The lowest BCUT2D eigenvalue weighted by molar-refractivity contribution is -0.0133. The fourth-order valence-electron chi connectivity index (χ4n) is 2.17. The molecule has 0 saturated heterocycles. The number of carbonyl (C=O) groups excluding carboxylic acids is 1. The number of carbonyl (C=O) groups is 1. The lowest BCUT2D eigenvalue weighted by Crippen LogP contribution is -2.29. The second-order valence-corrected chi connectivity index (χ2v) is 7.90. The van der Waals surface area contributed by atoms with Crippen LogP contribution in [0.1, 0.15) is 29.3 Å². The van der Waals surface area contributed by atoms with E-state index in [0.717, 1.165) is 15.2 Å². The molecule has 0 aliphatic heterocycles. The monoisotopic (exact) mass is 554 g/mol. The summed E-state index contributed by atoms with van der Waals surface area (Å²) in [6.45, 7) is 3.45. The minimum atomic E-state index is -1.19. The summed E-state index contributed by atoms with van der Waals surface area (Å²) in [5.41, 5.74) is 3.02. The SMILES string of the molecule is CCC(O)CONC(=O)c1cc(Br)c(F)c(F)c1Nc1ccc(I)cc1C. The zero-order chi connectivity index (χ0) is 20.1. The topological polar surface area (TPSA) is 70.6 Å². The average molecular weight is 555 g/mol. The van der Waals surface area contributed by atoms with Crippen molar-refractivity contribution in [1.82, 2.24) is 5.48 Å². The summed E-state index contributed by atoms with van der Waals surface area (Å²) >= 11 is 5.05. The van der Waals surface area contributed by atoms with E-state index in [1.165, 1.54) is 0 Å². The summed E-state index contributed by atoms with van der Waals surface area (Å²) in [6, 6.07) is 6.55. The number of nitrogens with one attached hydrogen (secondary N) is 2. The van der Waals surface area contributed by atoms with Gasteiger partial charge in [0.15, 0.2) is 11.6 Å². The Morgan fingerprint density at radius 2 is 2.04 bits per heavy atom. The molecule has 1 amide bonds. The third kappa shape index (κ3) is 5.59. The first kappa shape index (κ1) is 22.0. The number of amides is 1. The Hall–Kier alpha value is -1.30. The van der Waals surface area contributed by atoms with Gasteiger partial charge in [0.05, 0.1) is 21.8 Å². The van der Waals surface area contributed by atoms with Gasteiger partial charge in [0.25, 0.3) is 5.91 Å². The lowest BCUT2D eigenvalue weighted by atomic mass is 10.1. The third-order valence-electron chi connectivity index (χ3n) is 3.77. The zero-order valence-corrected chi connectivity index (χ0v) is 18.3. The lowest BCUT2D eigenvalue weighted by Gasteiger charge is -2.16. The molecule has 0 spiro atoms. The maximum Gasteiger partial charge on any atom is 0.277 e. The van der Waals surface area contributed by atoms with E-state index < -0.39 is 23.6 Å². The molecular weight excluding hydrogens is 537 g/mol. The van der Waals surface area contributed by atoms with Crippen LogP contribution in [0.5, 0.6) is 0 Å². The molecule has 2 rings (SSSR count). The van der Waals surface area contributed by atoms with Crippen LogP contribution in [0.4, 0.5) is 20.2 Å². The highest BCUT2D eigenvalue weighted by Gasteiger charge is 2.23. The van der Waals surface area contributed by atoms with Crippen molar-refractivity contribution < 1.29 is 23.5 Å². The Labute approximate surface area is 177 Å². The first-order valence-electron chi connectivity index (χ1n) is 8.05. The van der Waals surface area contributed by atoms with Crippen molar-refractivity contribution in [2.24, 2.45) is 0 Å². The molecule has 0 saturated carbocycles. The van der Waals surface area contributed by atoms with Crippen molar-refractivity contribution >= 4 is 55.8 Å². The summed E-state index contributed by atoms with van der Waals surface area (Å²) < 4.78 is 29.4. The number of halogens is 4. The first-order valence-corrected chi connectivity index (χ1v) is 9.92. The molecular formula is C18H18BrF2IN2O3. The normalized spacial score (nSPS) is 12.0. The van der Waals surface area contributed by atoms with E-state index in [9.17, 15) is 18.7 Å². The molecule has 9 heteroatoms. The Kier molecular flexibility index (Phi) is 7.95. The predicted molar refractivity (Wildman–Crippen MR) is 111 cm³/mol. The minimum absolute atomic E-state index is 0.119. The minimum Gasteiger partial charge on any atom is -0.391 e. The quantitative estimate of drug-likeness (QED) is 0.261. The zero-order valence-electron chi connectivity index (χ0n) is 14.6. The molecule has 5 nitrogen and oxygen atoms in total. The van der Waals surface area contributed by atoms with Crippen molar-refractivity contribution in [3.8, 4) is 0 Å². The molecule has 0 radical (unpaired) electrons. The fraction of sp³-hybridized carbons (Fsp3) is 0.278. The second-order valence-electron chi connectivity index (χ2n) is 5.80. The highest BCUT2D eigenvalue weighted by atomic mass is 127. The van der Waals surface area contributed by atoms with E-state index in [1.807, 2.05) is 13.0 Å². The second kappa shape index (κ2) is 9.76. The van der Waals surface area contributed by atoms with Crippen LogP contribution < -0.4 is 10.8 Å². The Bertz CT molecular complexity index is 852. The van der Waals surface area contributed by atoms with Gasteiger partial charge in [-0.2, -0.15) is 0 Å². The molecule has 2 aromatic rings. The molecule has 0 heterocycles. The number of anilines is 2. The van der Waals surface area contributed by atoms with Crippen LogP contribution in [-0.4, -0.2) is 23.7 Å². The van der Waals surface area contributed by atoms with Crippen LogP contribution in [0.25, 0.3) is 0 Å². The number of aliphatic hydroxyl groups is 1. The van der Waals surface area contributed by atoms with Crippen molar-refractivity contribution in [3.63, 3.8) is 0 Å². The predicted octanol–water partition coefficient (Wildman–Crippen LogP) is 4.82. The van der Waals surface area contributed by atoms with E-state index in [2.05, 4.69) is 49.3 Å². The first-order chi connectivity index (χ1) is 12.7. The van der Waals surface area contributed by atoms with Crippen LogP contribution >= 0.6 is 38.5 Å². The van der Waals surface area contributed by atoms with Gasteiger partial charge in [-0.3, -0.25) is 9.63 Å². The number of benzene rings is 2. The van der Waals surface area contributed by atoms with Gasteiger partial charge in [-0.15, -0.1) is 0 Å². The van der Waals surface area contributed by atoms with Crippen molar-refractivity contribution in [3.05, 3.63) is 55.1 Å². The number of hydroxylamine groups is 1. The van der Waals surface area contributed by atoms with Crippen LogP contribution in [0.2, 0.25) is 0 Å². The number of aliphatic hydroxyl groups excluding tert-OH is 1. The summed E-state index contributed by atoms with van der Waals surface area (Å²) in [6.07, 6.45) is -0.292. The number of aryl methyl sites for hydroxylation is 1. The molecule has 2 aromatic carbocycles. The largest absolute Gasteiger partial charge is 0.391 e. The number of hydrogen-bond donors (Lipinski definition) is 3.